The van der Waals surface area contributed by atoms with Crippen LogP contribution >= 0.6 is 11.6 Å². The Balaban J connectivity index is 2.15. The predicted octanol–water partition coefficient (Wildman–Crippen LogP) is 4.19. The second-order valence-corrected chi connectivity index (χ2v) is 5.50. The Labute approximate surface area is 123 Å². The summed E-state index contributed by atoms with van der Waals surface area (Å²) in [7, 11) is 0. The number of aromatic nitrogens is 2. The molecule has 3 aromatic rings. The molecular weight excluding hydrogens is 270 g/mol. The second-order valence-electron chi connectivity index (χ2n) is 5.06. The molecule has 0 aliphatic carbocycles. The van der Waals surface area contributed by atoms with Crippen molar-refractivity contribution in [3.05, 3.63) is 58.6 Å². The van der Waals surface area contributed by atoms with Crippen LogP contribution in [0.3, 0.4) is 0 Å². The first-order valence-corrected chi connectivity index (χ1v) is 6.93. The third kappa shape index (κ3) is 2.14. The van der Waals surface area contributed by atoms with Crippen LogP contribution in [0.1, 0.15) is 24.1 Å². The molecule has 1 atom stereocenters. The van der Waals surface area contributed by atoms with E-state index in [1.54, 1.807) is 0 Å². The number of rotatable bonds is 2. The van der Waals surface area contributed by atoms with Crippen molar-refractivity contribution in [3.8, 4) is 0 Å². The lowest BCUT2D eigenvalue weighted by Gasteiger charge is -2.16. The van der Waals surface area contributed by atoms with E-state index in [4.69, 9.17) is 17.3 Å². The highest BCUT2D eigenvalue weighted by molar-refractivity contribution is 6.30. The fourth-order valence-corrected chi connectivity index (χ4v) is 2.65. The minimum atomic E-state index is 0.110. The zero-order valence-corrected chi connectivity index (χ0v) is 12.2. The predicted molar refractivity (Wildman–Crippen MR) is 84.1 cm³/mol. The molecule has 0 bridgehead atoms. The van der Waals surface area contributed by atoms with Crippen molar-refractivity contribution in [2.24, 2.45) is 0 Å². The number of hydrogen-bond donors (Lipinski definition) is 1. The molecule has 0 radical (unpaired) electrons. The summed E-state index contributed by atoms with van der Waals surface area (Å²) >= 11 is 5.94. The van der Waals surface area contributed by atoms with Crippen molar-refractivity contribution in [1.29, 1.82) is 0 Å². The molecule has 0 amide bonds. The number of nitrogens with two attached hydrogens (primary N) is 1. The maximum atomic E-state index is 6.10. The molecule has 2 aromatic carbocycles. The van der Waals surface area contributed by atoms with Gasteiger partial charge >= 0.3 is 0 Å². The third-order valence-corrected chi connectivity index (χ3v) is 3.86. The highest BCUT2D eigenvalue weighted by atomic mass is 35.5. The first-order chi connectivity index (χ1) is 9.56. The molecule has 3 nitrogen and oxygen atoms in total. The van der Waals surface area contributed by atoms with E-state index in [1.807, 2.05) is 36.4 Å². The van der Waals surface area contributed by atoms with Crippen molar-refractivity contribution >= 4 is 28.6 Å². The molecule has 1 heterocycles. The average molecular weight is 286 g/mol. The van der Waals surface area contributed by atoms with Crippen LogP contribution in [0.2, 0.25) is 5.02 Å². The standard InChI is InChI=1S/C16H16ClN3/c1-10-3-8-14-15(9-10)20(16(18)19-14)11(2)12-4-6-13(17)7-5-12/h3-9,11H,1-2H3,(H2,18,19). The van der Waals surface area contributed by atoms with Gasteiger partial charge in [0.15, 0.2) is 0 Å². The van der Waals surface area contributed by atoms with E-state index >= 15 is 0 Å². The summed E-state index contributed by atoms with van der Waals surface area (Å²) in [4.78, 5) is 4.43. The molecule has 0 spiro atoms. The largest absolute Gasteiger partial charge is 0.369 e. The van der Waals surface area contributed by atoms with Crippen LogP contribution in [0.5, 0.6) is 0 Å². The normalized spacial score (nSPS) is 12.8. The van der Waals surface area contributed by atoms with E-state index in [2.05, 4.69) is 29.5 Å². The molecular formula is C16H16ClN3. The zero-order chi connectivity index (χ0) is 14.3. The number of nitrogens with zero attached hydrogens (tertiary/aromatic N) is 2. The molecule has 20 heavy (non-hydrogen) atoms. The van der Waals surface area contributed by atoms with E-state index in [0.29, 0.717) is 5.95 Å². The van der Waals surface area contributed by atoms with Crippen LogP contribution in [0, 0.1) is 6.92 Å². The van der Waals surface area contributed by atoms with Crippen molar-refractivity contribution in [2.45, 2.75) is 19.9 Å². The Bertz CT molecular complexity index is 759. The Hall–Kier alpha value is -2.00. The SMILES string of the molecule is Cc1ccc2nc(N)n(C(C)c3ccc(Cl)cc3)c2c1. The molecule has 2 N–H and O–H groups in total. The molecule has 1 unspecified atom stereocenters. The average Bonchev–Trinajstić information content (AvgIpc) is 2.74. The molecule has 0 saturated carbocycles. The van der Waals surface area contributed by atoms with Crippen LogP contribution in [-0.2, 0) is 0 Å². The first kappa shape index (κ1) is 13.0. The van der Waals surface area contributed by atoms with Crippen LogP contribution in [0.25, 0.3) is 11.0 Å². The summed E-state index contributed by atoms with van der Waals surface area (Å²) in [6, 6.07) is 14.1. The Morgan fingerprint density at radius 1 is 1.15 bits per heavy atom. The van der Waals surface area contributed by atoms with Crippen LogP contribution in [-0.4, -0.2) is 9.55 Å². The lowest BCUT2D eigenvalue weighted by molar-refractivity contribution is 0.668. The number of halogens is 1. The molecule has 1 aromatic heterocycles. The van der Waals surface area contributed by atoms with Gasteiger partial charge in [0.25, 0.3) is 0 Å². The lowest BCUT2D eigenvalue weighted by atomic mass is 10.1. The number of benzene rings is 2. The molecule has 3 rings (SSSR count). The molecule has 0 aliphatic rings. The molecule has 0 fully saturated rings. The van der Waals surface area contributed by atoms with Gasteiger partial charge < -0.3 is 10.3 Å². The first-order valence-electron chi connectivity index (χ1n) is 6.56. The number of aryl methyl sites for hydroxylation is 1. The monoisotopic (exact) mass is 285 g/mol. The van der Waals surface area contributed by atoms with E-state index in [-0.39, 0.29) is 6.04 Å². The van der Waals surface area contributed by atoms with E-state index in [1.165, 1.54) is 5.56 Å². The number of imidazole rings is 1. The highest BCUT2D eigenvalue weighted by Crippen LogP contribution is 2.28. The van der Waals surface area contributed by atoms with Crippen LogP contribution in [0.4, 0.5) is 5.95 Å². The van der Waals surface area contributed by atoms with Crippen molar-refractivity contribution in [1.82, 2.24) is 9.55 Å². The van der Waals surface area contributed by atoms with Crippen molar-refractivity contribution in [2.75, 3.05) is 5.73 Å². The minimum absolute atomic E-state index is 0.110. The summed E-state index contributed by atoms with van der Waals surface area (Å²) in [5.74, 6) is 0.535. The zero-order valence-electron chi connectivity index (χ0n) is 11.5. The smallest absolute Gasteiger partial charge is 0.201 e. The summed E-state index contributed by atoms with van der Waals surface area (Å²) in [5.41, 5.74) is 10.4. The Morgan fingerprint density at radius 2 is 1.85 bits per heavy atom. The highest BCUT2D eigenvalue weighted by Gasteiger charge is 2.15. The second kappa shape index (κ2) is 4.84. The Morgan fingerprint density at radius 3 is 2.55 bits per heavy atom. The van der Waals surface area contributed by atoms with Crippen LogP contribution < -0.4 is 5.73 Å². The maximum Gasteiger partial charge on any atom is 0.201 e. The van der Waals surface area contributed by atoms with Gasteiger partial charge in [-0.25, -0.2) is 4.98 Å². The molecule has 102 valence electrons. The summed E-state index contributed by atoms with van der Waals surface area (Å²) in [5, 5.41) is 0.736. The summed E-state index contributed by atoms with van der Waals surface area (Å²) in [6.07, 6.45) is 0. The van der Waals surface area contributed by atoms with Gasteiger partial charge in [0.2, 0.25) is 5.95 Å². The molecule has 0 aliphatic heterocycles. The van der Waals surface area contributed by atoms with Crippen LogP contribution in [0.15, 0.2) is 42.5 Å². The summed E-state index contributed by atoms with van der Waals surface area (Å²) < 4.78 is 2.06. The van der Waals surface area contributed by atoms with Gasteiger partial charge in [0.05, 0.1) is 17.1 Å². The Kier molecular flexibility index (Phi) is 3.14. The van der Waals surface area contributed by atoms with Gasteiger partial charge in [-0.15, -0.1) is 0 Å². The number of hydrogen-bond acceptors (Lipinski definition) is 2. The van der Waals surface area contributed by atoms with Gasteiger partial charge in [-0.3, -0.25) is 0 Å². The van der Waals surface area contributed by atoms with Gasteiger partial charge in [0, 0.05) is 5.02 Å². The van der Waals surface area contributed by atoms with Gasteiger partial charge in [-0.1, -0.05) is 29.8 Å². The van der Waals surface area contributed by atoms with Gasteiger partial charge in [0.1, 0.15) is 0 Å². The van der Waals surface area contributed by atoms with E-state index in [9.17, 15) is 0 Å². The fourth-order valence-electron chi connectivity index (χ4n) is 2.52. The van der Waals surface area contributed by atoms with Gasteiger partial charge in [-0.05, 0) is 49.2 Å². The number of fused-ring (bicyclic) bond motifs is 1. The number of anilines is 1. The maximum absolute atomic E-state index is 6.10. The third-order valence-electron chi connectivity index (χ3n) is 3.61. The quantitative estimate of drug-likeness (QED) is 0.767. The topological polar surface area (TPSA) is 43.8 Å². The number of nitrogen functional groups attached to an aromatic ring is 1. The fraction of sp³-hybridized carbons (Fsp3) is 0.188. The van der Waals surface area contributed by atoms with Gasteiger partial charge in [-0.2, -0.15) is 0 Å². The minimum Gasteiger partial charge on any atom is -0.369 e. The van der Waals surface area contributed by atoms with E-state index in [0.717, 1.165) is 21.6 Å². The molecule has 0 saturated heterocycles. The van der Waals surface area contributed by atoms with E-state index < -0.39 is 0 Å². The van der Waals surface area contributed by atoms with Crippen molar-refractivity contribution < 1.29 is 0 Å². The molecule has 4 heteroatoms. The van der Waals surface area contributed by atoms with Crippen molar-refractivity contribution in [3.63, 3.8) is 0 Å². The summed E-state index contributed by atoms with van der Waals surface area (Å²) in [6.45, 7) is 4.18. The lowest BCUT2D eigenvalue weighted by Crippen LogP contribution is -2.10.